The third kappa shape index (κ3) is 3.52. The van der Waals surface area contributed by atoms with Gasteiger partial charge in [-0.25, -0.2) is 4.79 Å². The molecule has 0 bridgehead atoms. The summed E-state index contributed by atoms with van der Waals surface area (Å²) >= 11 is 5.02. The van der Waals surface area contributed by atoms with Crippen molar-refractivity contribution in [2.75, 3.05) is 14.2 Å². The van der Waals surface area contributed by atoms with E-state index in [1.54, 1.807) is 29.5 Å². The minimum atomic E-state index is -0.406. The first-order chi connectivity index (χ1) is 9.63. The zero-order valence-corrected chi connectivity index (χ0v) is 13.4. The van der Waals surface area contributed by atoms with Gasteiger partial charge in [-0.3, -0.25) is 0 Å². The summed E-state index contributed by atoms with van der Waals surface area (Å²) < 4.78 is 16.7. The maximum atomic E-state index is 11.5. The molecule has 0 saturated carbocycles. The molecule has 0 aliphatic carbocycles. The lowest BCUT2D eigenvalue weighted by atomic mass is 10.2. The summed E-state index contributed by atoms with van der Waals surface area (Å²) in [4.78, 5) is 12.5. The van der Waals surface area contributed by atoms with Gasteiger partial charge in [-0.2, -0.15) is 0 Å². The molecule has 0 fully saturated rings. The number of rotatable bonds is 5. The van der Waals surface area contributed by atoms with Gasteiger partial charge < -0.3 is 14.2 Å². The summed E-state index contributed by atoms with van der Waals surface area (Å²) in [5, 5.41) is 0. The van der Waals surface area contributed by atoms with Crippen LogP contribution in [0.3, 0.4) is 0 Å². The monoisotopic (exact) mass is 356 g/mol. The number of hydrogen-bond donors (Lipinski definition) is 0. The van der Waals surface area contributed by atoms with E-state index in [1.165, 1.54) is 14.2 Å². The average Bonchev–Trinajstić information content (AvgIpc) is 2.89. The summed E-state index contributed by atoms with van der Waals surface area (Å²) in [6, 6.07) is 8.91. The Balaban J connectivity index is 2.13. The van der Waals surface area contributed by atoms with Crippen LogP contribution in [-0.2, 0) is 11.3 Å². The number of halogens is 1. The zero-order valence-electron chi connectivity index (χ0n) is 11.0. The fourth-order valence-corrected chi connectivity index (χ4v) is 3.01. The van der Waals surface area contributed by atoms with Crippen LogP contribution in [0.5, 0.6) is 11.5 Å². The molecule has 0 atom stereocenters. The van der Waals surface area contributed by atoms with Gasteiger partial charge in [0.1, 0.15) is 6.61 Å². The lowest BCUT2D eigenvalue weighted by Crippen LogP contribution is -2.03. The minimum absolute atomic E-state index is 0.406. The normalized spacial score (nSPS) is 10.2. The molecule has 0 radical (unpaired) electrons. The van der Waals surface area contributed by atoms with Crippen LogP contribution in [0.2, 0.25) is 0 Å². The number of hydrogen-bond acceptors (Lipinski definition) is 5. The smallest absolute Gasteiger partial charge is 0.337 e. The molecule has 20 heavy (non-hydrogen) atoms. The highest BCUT2D eigenvalue weighted by Crippen LogP contribution is 2.30. The van der Waals surface area contributed by atoms with Crippen molar-refractivity contribution >= 4 is 33.2 Å². The van der Waals surface area contributed by atoms with Crippen molar-refractivity contribution < 1.29 is 19.0 Å². The van der Waals surface area contributed by atoms with Crippen molar-refractivity contribution in [1.29, 1.82) is 0 Å². The third-order valence-electron chi connectivity index (χ3n) is 2.58. The van der Waals surface area contributed by atoms with Crippen LogP contribution in [0, 0.1) is 0 Å². The number of methoxy groups -OCH3 is 2. The van der Waals surface area contributed by atoms with Crippen molar-refractivity contribution in [3.63, 3.8) is 0 Å². The van der Waals surface area contributed by atoms with Gasteiger partial charge in [0.15, 0.2) is 11.5 Å². The van der Waals surface area contributed by atoms with Crippen molar-refractivity contribution in [3.05, 3.63) is 44.6 Å². The predicted octanol–water partition coefficient (Wildman–Crippen LogP) is 3.88. The van der Waals surface area contributed by atoms with Crippen LogP contribution >= 0.6 is 27.3 Å². The highest BCUT2D eigenvalue weighted by Gasteiger charge is 2.11. The lowest BCUT2D eigenvalue weighted by molar-refractivity contribution is 0.0600. The number of carbonyl (C=O) groups excluding carboxylic acids is 1. The van der Waals surface area contributed by atoms with Crippen LogP contribution in [0.25, 0.3) is 0 Å². The molecule has 0 saturated heterocycles. The van der Waals surface area contributed by atoms with E-state index in [1.807, 2.05) is 12.1 Å². The molecule has 6 heteroatoms. The summed E-state index contributed by atoms with van der Waals surface area (Å²) in [5.41, 5.74) is 0.426. The van der Waals surface area contributed by atoms with E-state index in [2.05, 4.69) is 20.7 Å². The molecule has 0 amide bonds. The van der Waals surface area contributed by atoms with Crippen LogP contribution in [0.15, 0.2) is 34.1 Å². The Morgan fingerprint density at radius 1 is 1.20 bits per heavy atom. The van der Waals surface area contributed by atoms with E-state index in [-0.39, 0.29) is 0 Å². The Labute approximate surface area is 129 Å². The van der Waals surface area contributed by atoms with Gasteiger partial charge in [0.25, 0.3) is 0 Å². The van der Waals surface area contributed by atoms with Gasteiger partial charge in [-0.15, -0.1) is 11.3 Å². The van der Waals surface area contributed by atoms with Gasteiger partial charge in [0.2, 0.25) is 0 Å². The Morgan fingerprint density at radius 2 is 2.00 bits per heavy atom. The van der Waals surface area contributed by atoms with Gasteiger partial charge in [-0.05, 0) is 46.3 Å². The fourth-order valence-electron chi connectivity index (χ4n) is 1.61. The first kappa shape index (κ1) is 14.9. The zero-order chi connectivity index (χ0) is 14.5. The minimum Gasteiger partial charge on any atom is -0.493 e. The van der Waals surface area contributed by atoms with Gasteiger partial charge in [0, 0.05) is 4.88 Å². The molecule has 106 valence electrons. The summed E-state index contributed by atoms with van der Waals surface area (Å²) in [6.07, 6.45) is 0. The molecule has 1 aromatic heterocycles. The van der Waals surface area contributed by atoms with Crippen LogP contribution in [0.1, 0.15) is 15.2 Å². The van der Waals surface area contributed by atoms with E-state index >= 15 is 0 Å². The van der Waals surface area contributed by atoms with Crippen molar-refractivity contribution in [2.45, 2.75) is 6.61 Å². The predicted molar refractivity (Wildman–Crippen MR) is 80.7 cm³/mol. The number of carbonyl (C=O) groups is 1. The second-order valence-corrected chi connectivity index (χ2v) is 6.40. The Morgan fingerprint density at radius 3 is 2.60 bits per heavy atom. The van der Waals surface area contributed by atoms with Gasteiger partial charge in [-0.1, -0.05) is 0 Å². The molecule has 0 unspecified atom stereocenters. The molecule has 1 heterocycles. The molecule has 2 aromatic rings. The van der Waals surface area contributed by atoms with Crippen LogP contribution < -0.4 is 9.47 Å². The molecule has 0 aliphatic heterocycles. The fraction of sp³-hybridized carbons (Fsp3) is 0.214. The number of thiophene rings is 1. The van der Waals surface area contributed by atoms with E-state index in [0.29, 0.717) is 23.7 Å². The second-order valence-electron chi connectivity index (χ2n) is 3.85. The van der Waals surface area contributed by atoms with Crippen LogP contribution in [0.4, 0.5) is 0 Å². The molecular weight excluding hydrogens is 344 g/mol. The highest BCUT2D eigenvalue weighted by molar-refractivity contribution is 9.11. The third-order valence-corrected chi connectivity index (χ3v) is 4.18. The Hall–Kier alpha value is -1.53. The van der Waals surface area contributed by atoms with Crippen molar-refractivity contribution in [2.24, 2.45) is 0 Å². The van der Waals surface area contributed by atoms with Gasteiger partial charge in [0.05, 0.1) is 23.6 Å². The quantitative estimate of drug-likeness (QED) is 0.762. The summed E-state index contributed by atoms with van der Waals surface area (Å²) in [7, 11) is 2.87. The average molecular weight is 357 g/mol. The first-order valence-electron chi connectivity index (χ1n) is 5.77. The first-order valence-corrected chi connectivity index (χ1v) is 7.38. The van der Waals surface area contributed by atoms with Crippen LogP contribution in [-0.4, -0.2) is 20.2 Å². The van der Waals surface area contributed by atoms with Gasteiger partial charge >= 0.3 is 5.97 Å². The standard InChI is InChI=1S/C14H13BrO4S/c1-17-12-7-9(14(16)18-2)3-5-11(12)19-8-10-4-6-13(15)20-10/h3-7H,8H2,1-2H3. The second kappa shape index (κ2) is 6.76. The maximum absolute atomic E-state index is 11.5. The van der Waals surface area contributed by atoms with E-state index in [0.717, 1.165) is 8.66 Å². The summed E-state index contributed by atoms with van der Waals surface area (Å²) in [5.74, 6) is 0.685. The molecular formula is C14H13BrO4S. The van der Waals surface area contributed by atoms with E-state index in [9.17, 15) is 4.79 Å². The lowest BCUT2D eigenvalue weighted by Gasteiger charge is -2.11. The number of ether oxygens (including phenoxy) is 3. The maximum Gasteiger partial charge on any atom is 0.337 e. The molecule has 0 aliphatic rings. The molecule has 1 aromatic carbocycles. The van der Waals surface area contributed by atoms with E-state index in [4.69, 9.17) is 9.47 Å². The molecule has 2 rings (SSSR count). The largest absolute Gasteiger partial charge is 0.493 e. The molecule has 0 spiro atoms. The SMILES string of the molecule is COC(=O)c1ccc(OCc2ccc(Br)s2)c(OC)c1. The van der Waals surface area contributed by atoms with Crippen molar-refractivity contribution in [1.82, 2.24) is 0 Å². The molecule has 0 N–H and O–H groups in total. The molecule has 4 nitrogen and oxygen atoms in total. The Bertz CT molecular complexity index is 609. The number of esters is 1. The number of benzene rings is 1. The highest BCUT2D eigenvalue weighted by atomic mass is 79.9. The topological polar surface area (TPSA) is 44.8 Å². The summed E-state index contributed by atoms with van der Waals surface area (Å²) in [6.45, 7) is 0.449. The van der Waals surface area contributed by atoms with E-state index < -0.39 is 5.97 Å². The van der Waals surface area contributed by atoms with Crippen molar-refractivity contribution in [3.8, 4) is 11.5 Å². The Kier molecular flexibility index (Phi) is 5.03.